The standard InChI is InChI=1S/C21H27N3O4S/c1-13-9-14(2)16(4)20(15(13)3)29(27,28)24-12-18(25)10-19(24)21(26)23-11-17-5-7-22-8-6-17/h5-9,18-19,25H,10-12H2,1-4H3,(H,23,26)/t18-,19+/m1/s1. The average molecular weight is 418 g/mol. The topological polar surface area (TPSA) is 99.6 Å². The van der Waals surface area contributed by atoms with E-state index in [9.17, 15) is 18.3 Å². The predicted octanol–water partition coefficient (Wildman–Crippen LogP) is 1.76. The van der Waals surface area contributed by atoms with Gasteiger partial charge in [0, 0.05) is 31.9 Å². The molecule has 0 bridgehead atoms. The van der Waals surface area contributed by atoms with E-state index in [0.717, 1.165) is 21.0 Å². The summed E-state index contributed by atoms with van der Waals surface area (Å²) in [5.74, 6) is -0.415. The van der Waals surface area contributed by atoms with Crippen LogP contribution in [0.25, 0.3) is 0 Å². The van der Waals surface area contributed by atoms with E-state index in [2.05, 4.69) is 10.3 Å². The third-order valence-electron chi connectivity index (χ3n) is 5.62. The summed E-state index contributed by atoms with van der Waals surface area (Å²) in [4.78, 5) is 17.0. The molecule has 0 aliphatic carbocycles. The number of aryl methyl sites for hydroxylation is 2. The van der Waals surface area contributed by atoms with Gasteiger partial charge >= 0.3 is 0 Å². The smallest absolute Gasteiger partial charge is 0.244 e. The Morgan fingerprint density at radius 3 is 2.34 bits per heavy atom. The maximum Gasteiger partial charge on any atom is 0.244 e. The van der Waals surface area contributed by atoms with E-state index >= 15 is 0 Å². The Morgan fingerprint density at radius 1 is 1.17 bits per heavy atom. The monoisotopic (exact) mass is 417 g/mol. The van der Waals surface area contributed by atoms with Crippen molar-refractivity contribution in [3.8, 4) is 0 Å². The number of aromatic nitrogens is 1. The van der Waals surface area contributed by atoms with Gasteiger partial charge in [-0.3, -0.25) is 9.78 Å². The summed E-state index contributed by atoms with van der Waals surface area (Å²) < 4.78 is 28.2. The summed E-state index contributed by atoms with van der Waals surface area (Å²) >= 11 is 0. The van der Waals surface area contributed by atoms with Crippen LogP contribution in [0.15, 0.2) is 35.5 Å². The SMILES string of the molecule is Cc1cc(C)c(C)c(S(=O)(=O)N2C[C@H](O)C[C@H]2C(=O)NCc2ccncc2)c1C. The number of benzene rings is 1. The fraction of sp³-hybridized carbons (Fsp3) is 0.429. The van der Waals surface area contributed by atoms with Crippen molar-refractivity contribution in [1.29, 1.82) is 0 Å². The summed E-state index contributed by atoms with van der Waals surface area (Å²) in [6, 6.07) is 4.57. The summed E-state index contributed by atoms with van der Waals surface area (Å²) in [6.45, 7) is 7.47. The lowest BCUT2D eigenvalue weighted by atomic mass is 10.0. The van der Waals surface area contributed by atoms with Crippen molar-refractivity contribution in [2.45, 2.75) is 57.7 Å². The van der Waals surface area contributed by atoms with Gasteiger partial charge in [0.2, 0.25) is 15.9 Å². The van der Waals surface area contributed by atoms with E-state index in [-0.39, 0.29) is 24.4 Å². The Balaban J connectivity index is 1.91. The van der Waals surface area contributed by atoms with Gasteiger partial charge < -0.3 is 10.4 Å². The van der Waals surface area contributed by atoms with Gasteiger partial charge in [-0.15, -0.1) is 0 Å². The van der Waals surface area contributed by atoms with Crippen LogP contribution >= 0.6 is 0 Å². The number of nitrogens with zero attached hydrogens (tertiary/aromatic N) is 2. The molecular formula is C21H27N3O4S. The highest BCUT2D eigenvalue weighted by molar-refractivity contribution is 7.89. The van der Waals surface area contributed by atoms with Gasteiger partial charge in [-0.05, 0) is 67.6 Å². The minimum atomic E-state index is -3.95. The summed E-state index contributed by atoms with van der Waals surface area (Å²) in [7, 11) is -3.95. The van der Waals surface area contributed by atoms with E-state index in [1.165, 1.54) is 0 Å². The van der Waals surface area contributed by atoms with E-state index in [0.29, 0.717) is 11.1 Å². The van der Waals surface area contributed by atoms with Crippen LogP contribution in [-0.4, -0.2) is 47.4 Å². The molecule has 29 heavy (non-hydrogen) atoms. The molecule has 1 saturated heterocycles. The van der Waals surface area contributed by atoms with Crippen molar-refractivity contribution in [3.63, 3.8) is 0 Å². The van der Waals surface area contributed by atoms with Gasteiger partial charge in [-0.25, -0.2) is 8.42 Å². The van der Waals surface area contributed by atoms with Crippen molar-refractivity contribution >= 4 is 15.9 Å². The molecular weight excluding hydrogens is 390 g/mol. The fourth-order valence-electron chi connectivity index (χ4n) is 3.78. The molecule has 3 rings (SSSR count). The number of aliphatic hydroxyl groups is 1. The second kappa shape index (κ2) is 8.22. The van der Waals surface area contributed by atoms with Crippen molar-refractivity contribution < 1.29 is 18.3 Å². The molecule has 1 amide bonds. The molecule has 2 aromatic rings. The highest BCUT2D eigenvalue weighted by Crippen LogP contribution is 2.33. The number of rotatable bonds is 5. The molecule has 7 nitrogen and oxygen atoms in total. The van der Waals surface area contributed by atoms with Crippen LogP contribution in [0.4, 0.5) is 0 Å². The van der Waals surface area contributed by atoms with Gasteiger partial charge in [-0.1, -0.05) is 6.07 Å². The van der Waals surface area contributed by atoms with Crippen molar-refractivity contribution in [1.82, 2.24) is 14.6 Å². The predicted molar refractivity (Wildman–Crippen MR) is 110 cm³/mol. The summed E-state index contributed by atoms with van der Waals surface area (Å²) in [5, 5.41) is 13.0. The van der Waals surface area contributed by atoms with Crippen LogP contribution < -0.4 is 5.32 Å². The second-order valence-electron chi connectivity index (χ2n) is 7.64. The average Bonchev–Trinajstić information content (AvgIpc) is 3.08. The number of carbonyl (C=O) groups excluding carboxylic acids is 1. The van der Waals surface area contributed by atoms with Gasteiger partial charge in [0.05, 0.1) is 11.0 Å². The quantitative estimate of drug-likeness (QED) is 0.772. The van der Waals surface area contributed by atoms with Gasteiger partial charge in [0.25, 0.3) is 0 Å². The first-order valence-electron chi connectivity index (χ1n) is 9.57. The molecule has 0 spiro atoms. The Labute approximate surface area is 171 Å². The lowest BCUT2D eigenvalue weighted by Crippen LogP contribution is -2.46. The summed E-state index contributed by atoms with van der Waals surface area (Å²) in [6.07, 6.45) is 2.45. The third-order valence-corrected chi connectivity index (χ3v) is 7.77. The Morgan fingerprint density at radius 2 is 1.76 bits per heavy atom. The Kier molecular flexibility index (Phi) is 6.07. The molecule has 0 unspecified atom stereocenters. The first-order chi connectivity index (χ1) is 13.6. The Bertz CT molecular complexity index is 996. The molecule has 0 saturated carbocycles. The molecule has 0 radical (unpaired) electrons. The minimum absolute atomic E-state index is 0.0737. The lowest BCUT2D eigenvalue weighted by Gasteiger charge is -2.26. The molecule has 1 fully saturated rings. The molecule has 2 atom stereocenters. The first-order valence-corrected chi connectivity index (χ1v) is 11.0. The molecule has 1 aromatic carbocycles. The highest BCUT2D eigenvalue weighted by atomic mass is 32.2. The second-order valence-corrected chi connectivity index (χ2v) is 9.47. The molecule has 156 valence electrons. The number of aliphatic hydroxyl groups excluding tert-OH is 1. The number of hydrogen-bond donors (Lipinski definition) is 2. The molecule has 2 heterocycles. The molecule has 2 N–H and O–H groups in total. The number of nitrogens with one attached hydrogen (secondary N) is 1. The summed E-state index contributed by atoms with van der Waals surface area (Å²) in [5.41, 5.74) is 3.97. The fourth-order valence-corrected chi connectivity index (χ4v) is 6.00. The maximum absolute atomic E-state index is 13.5. The molecule has 1 aliphatic rings. The normalized spacial score (nSPS) is 20.0. The van der Waals surface area contributed by atoms with Crippen molar-refractivity contribution in [2.24, 2.45) is 0 Å². The zero-order valence-corrected chi connectivity index (χ0v) is 18.0. The van der Waals surface area contributed by atoms with Crippen LogP contribution in [0, 0.1) is 27.7 Å². The van der Waals surface area contributed by atoms with Crippen LogP contribution in [0.5, 0.6) is 0 Å². The van der Waals surface area contributed by atoms with Crippen LogP contribution in [0.1, 0.15) is 34.2 Å². The largest absolute Gasteiger partial charge is 0.392 e. The maximum atomic E-state index is 13.5. The Hall–Kier alpha value is -2.29. The van der Waals surface area contributed by atoms with E-state index < -0.39 is 28.1 Å². The first kappa shape index (κ1) is 21.4. The molecule has 8 heteroatoms. The highest BCUT2D eigenvalue weighted by Gasteiger charge is 2.44. The zero-order chi connectivity index (χ0) is 21.3. The van der Waals surface area contributed by atoms with Crippen molar-refractivity contribution in [2.75, 3.05) is 6.54 Å². The number of sulfonamides is 1. The van der Waals surface area contributed by atoms with E-state index in [1.807, 2.05) is 19.9 Å². The zero-order valence-electron chi connectivity index (χ0n) is 17.1. The number of pyridine rings is 1. The van der Waals surface area contributed by atoms with Gasteiger partial charge in [0.1, 0.15) is 6.04 Å². The number of hydrogen-bond acceptors (Lipinski definition) is 5. The van der Waals surface area contributed by atoms with Crippen LogP contribution in [-0.2, 0) is 21.4 Å². The molecule has 1 aromatic heterocycles. The number of carbonyl (C=O) groups is 1. The van der Waals surface area contributed by atoms with E-state index in [4.69, 9.17) is 0 Å². The third kappa shape index (κ3) is 4.19. The minimum Gasteiger partial charge on any atom is -0.392 e. The van der Waals surface area contributed by atoms with Gasteiger partial charge in [0.15, 0.2) is 0 Å². The number of β-amino-alcohol motifs (C(OH)–C–C–N with tert-alkyl or cyclic N) is 1. The van der Waals surface area contributed by atoms with E-state index in [1.54, 1.807) is 38.4 Å². The van der Waals surface area contributed by atoms with Crippen molar-refractivity contribution in [3.05, 3.63) is 58.4 Å². The van der Waals surface area contributed by atoms with Crippen LogP contribution in [0.3, 0.4) is 0 Å². The molecule has 1 aliphatic heterocycles. The van der Waals surface area contributed by atoms with Gasteiger partial charge in [-0.2, -0.15) is 4.31 Å². The lowest BCUT2D eigenvalue weighted by molar-refractivity contribution is -0.124. The number of amides is 1. The van der Waals surface area contributed by atoms with Crippen LogP contribution in [0.2, 0.25) is 0 Å².